The molecule has 1 heterocycles. The second-order valence-corrected chi connectivity index (χ2v) is 6.46. The molecule has 0 radical (unpaired) electrons. The average Bonchev–Trinajstić information content (AvgIpc) is 2.56. The molecular weight excluding hydrogens is 290 g/mol. The summed E-state index contributed by atoms with van der Waals surface area (Å²) in [5.41, 5.74) is 1.34. The van der Waals surface area contributed by atoms with Gasteiger partial charge in [0.2, 0.25) is 5.91 Å². The van der Waals surface area contributed by atoms with Gasteiger partial charge < -0.3 is 10.4 Å². The van der Waals surface area contributed by atoms with Gasteiger partial charge in [-0.3, -0.25) is 14.6 Å². The molecule has 1 aromatic carbocycles. The summed E-state index contributed by atoms with van der Waals surface area (Å²) in [7, 11) is 0. The molecule has 2 N–H and O–H groups in total. The fourth-order valence-electron chi connectivity index (χ4n) is 2.82. The highest BCUT2D eigenvalue weighted by atomic mass is 16.3. The quantitative estimate of drug-likeness (QED) is 0.749. The Kier molecular flexibility index (Phi) is 7.52. The number of rotatable bonds is 8. The summed E-state index contributed by atoms with van der Waals surface area (Å²) >= 11 is 0. The van der Waals surface area contributed by atoms with E-state index in [-0.39, 0.29) is 12.5 Å². The number of carbonyl (C=O) groups excluding carboxylic acids is 1. The molecule has 1 saturated heterocycles. The summed E-state index contributed by atoms with van der Waals surface area (Å²) in [6.45, 7) is 8.21. The van der Waals surface area contributed by atoms with E-state index in [9.17, 15) is 4.79 Å². The fraction of sp³-hybridized carbons (Fsp3) is 0.611. The van der Waals surface area contributed by atoms with Crippen LogP contribution in [-0.4, -0.2) is 66.7 Å². The van der Waals surface area contributed by atoms with Crippen LogP contribution in [0.3, 0.4) is 0 Å². The number of nitrogens with zero attached hydrogens (tertiary/aromatic N) is 2. The second kappa shape index (κ2) is 9.65. The third-order valence-corrected chi connectivity index (χ3v) is 4.35. The van der Waals surface area contributed by atoms with E-state index in [2.05, 4.69) is 39.4 Å². The average molecular weight is 319 g/mol. The Morgan fingerprint density at radius 1 is 1.17 bits per heavy atom. The topological polar surface area (TPSA) is 55.8 Å². The van der Waals surface area contributed by atoms with Gasteiger partial charge in [-0.2, -0.15) is 0 Å². The van der Waals surface area contributed by atoms with Gasteiger partial charge in [-0.05, 0) is 17.9 Å². The maximum atomic E-state index is 12.0. The predicted octanol–water partition coefficient (Wildman–Crippen LogP) is 0.939. The van der Waals surface area contributed by atoms with E-state index in [1.165, 1.54) is 5.56 Å². The zero-order valence-corrected chi connectivity index (χ0v) is 14.1. The van der Waals surface area contributed by atoms with Crippen molar-refractivity contribution in [1.82, 2.24) is 15.1 Å². The van der Waals surface area contributed by atoms with Gasteiger partial charge in [0.15, 0.2) is 0 Å². The number of hydrogen-bond acceptors (Lipinski definition) is 4. The fourth-order valence-corrected chi connectivity index (χ4v) is 2.82. The molecule has 0 aliphatic carbocycles. The van der Waals surface area contributed by atoms with Gasteiger partial charge in [-0.15, -0.1) is 0 Å². The van der Waals surface area contributed by atoms with Crippen LogP contribution in [0.5, 0.6) is 0 Å². The Balaban J connectivity index is 1.63. The van der Waals surface area contributed by atoms with E-state index in [1.54, 1.807) is 0 Å². The Bertz CT molecular complexity index is 459. The number of carbonyl (C=O) groups is 1. The second-order valence-electron chi connectivity index (χ2n) is 6.46. The van der Waals surface area contributed by atoms with Crippen molar-refractivity contribution in [2.45, 2.75) is 19.9 Å². The minimum absolute atomic E-state index is 0.0892. The van der Waals surface area contributed by atoms with Crippen LogP contribution in [0, 0.1) is 5.92 Å². The first-order chi connectivity index (χ1) is 11.2. The summed E-state index contributed by atoms with van der Waals surface area (Å²) in [6, 6.07) is 10.5. The molecule has 1 atom stereocenters. The van der Waals surface area contributed by atoms with Gasteiger partial charge in [0.1, 0.15) is 0 Å². The molecule has 0 aromatic heterocycles. The SMILES string of the molecule is CC(CCO)CNC(=O)CN1CCN(Cc2ccccc2)CC1. The maximum absolute atomic E-state index is 12.0. The van der Waals surface area contributed by atoms with E-state index in [4.69, 9.17) is 5.11 Å². The van der Waals surface area contributed by atoms with Gasteiger partial charge in [-0.1, -0.05) is 37.3 Å². The molecule has 5 heteroatoms. The van der Waals surface area contributed by atoms with Crippen molar-refractivity contribution in [3.8, 4) is 0 Å². The first kappa shape index (κ1) is 17.9. The molecule has 23 heavy (non-hydrogen) atoms. The molecule has 1 unspecified atom stereocenters. The van der Waals surface area contributed by atoms with Crippen molar-refractivity contribution in [2.24, 2.45) is 5.92 Å². The highest BCUT2D eigenvalue weighted by Crippen LogP contribution is 2.08. The van der Waals surface area contributed by atoms with Crippen LogP contribution in [0.25, 0.3) is 0 Å². The van der Waals surface area contributed by atoms with Gasteiger partial charge in [0.25, 0.3) is 0 Å². The lowest BCUT2D eigenvalue weighted by Crippen LogP contribution is -2.49. The molecule has 0 spiro atoms. The van der Waals surface area contributed by atoms with E-state index in [1.807, 2.05) is 13.0 Å². The summed E-state index contributed by atoms with van der Waals surface area (Å²) < 4.78 is 0. The Hall–Kier alpha value is -1.43. The van der Waals surface area contributed by atoms with Crippen LogP contribution in [0.15, 0.2) is 30.3 Å². The van der Waals surface area contributed by atoms with Crippen molar-refractivity contribution >= 4 is 5.91 Å². The van der Waals surface area contributed by atoms with Crippen LogP contribution in [-0.2, 0) is 11.3 Å². The molecule has 1 aromatic rings. The molecule has 5 nitrogen and oxygen atoms in total. The highest BCUT2D eigenvalue weighted by molar-refractivity contribution is 5.78. The number of aliphatic hydroxyl groups is 1. The normalized spacial score (nSPS) is 17.8. The van der Waals surface area contributed by atoms with E-state index >= 15 is 0 Å². The number of benzene rings is 1. The van der Waals surface area contributed by atoms with Gasteiger partial charge in [-0.25, -0.2) is 0 Å². The van der Waals surface area contributed by atoms with Gasteiger partial charge in [0, 0.05) is 45.9 Å². The zero-order chi connectivity index (χ0) is 16.5. The number of hydrogen-bond donors (Lipinski definition) is 2. The first-order valence-corrected chi connectivity index (χ1v) is 8.53. The summed E-state index contributed by atoms with van der Waals surface area (Å²) in [5.74, 6) is 0.415. The van der Waals surface area contributed by atoms with Crippen LogP contribution in [0.1, 0.15) is 18.9 Å². The molecule has 0 saturated carbocycles. The number of amides is 1. The number of piperazine rings is 1. The molecule has 1 amide bonds. The van der Waals surface area contributed by atoms with E-state index in [0.29, 0.717) is 19.0 Å². The van der Waals surface area contributed by atoms with Crippen molar-refractivity contribution in [2.75, 3.05) is 45.9 Å². The molecule has 0 bridgehead atoms. The highest BCUT2D eigenvalue weighted by Gasteiger charge is 2.19. The third kappa shape index (κ3) is 6.69. The van der Waals surface area contributed by atoms with Crippen LogP contribution in [0.2, 0.25) is 0 Å². The molecule has 2 rings (SSSR count). The largest absolute Gasteiger partial charge is 0.396 e. The molecule has 128 valence electrons. The Labute approximate surface area is 139 Å². The zero-order valence-electron chi connectivity index (χ0n) is 14.1. The van der Waals surface area contributed by atoms with E-state index < -0.39 is 0 Å². The maximum Gasteiger partial charge on any atom is 0.234 e. The minimum atomic E-state index is 0.0892. The lowest BCUT2D eigenvalue weighted by atomic mass is 10.1. The van der Waals surface area contributed by atoms with Crippen LogP contribution < -0.4 is 5.32 Å². The summed E-state index contributed by atoms with van der Waals surface area (Å²) in [5, 5.41) is 11.8. The Morgan fingerprint density at radius 2 is 1.83 bits per heavy atom. The van der Waals surface area contributed by atoms with Crippen LogP contribution in [0.4, 0.5) is 0 Å². The van der Waals surface area contributed by atoms with Crippen molar-refractivity contribution < 1.29 is 9.90 Å². The smallest absolute Gasteiger partial charge is 0.234 e. The summed E-state index contributed by atoms with van der Waals surface area (Å²) in [4.78, 5) is 16.6. The monoisotopic (exact) mass is 319 g/mol. The van der Waals surface area contributed by atoms with Gasteiger partial charge in [0.05, 0.1) is 6.54 Å². The number of aliphatic hydroxyl groups excluding tert-OH is 1. The summed E-state index contributed by atoms with van der Waals surface area (Å²) in [6.07, 6.45) is 0.735. The predicted molar refractivity (Wildman–Crippen MR) is 92.0 cm³/mol. The molecule has 1 fully saturated rings. The molecular formula is C18H29N3O2. The van der Waals surface area contributed by atoms with E-state index in [0.717, 1.165) is 39.1 Å². The Morgan fingerprint density at radius 3 is 2.48 bits per heavy atom. The molecule has 1 aliphatic heterocycles. The number of nitrogens with one attached hydrogen (secondary N) is 1. The third-order valence-electron chi connectivity index (χ3n) is 4.35. The standard InChI is InChI=1S/C18H29N3O2/c1-16(7-12-22)13-19-18(23)15-21-10-8-20(9-11-21)14-17-5-3-2-4-6-17/h2-6,16,22H,7-15H2,1H3,(H,19,23). The van der Waals surface area contributed by atoms with Crippen molar-refractivity contribution in [3.63, 3.8) is 0 Å². The van der Waals surface area contributed by atoms with Crippen molar-refractivity contribution in [1.29, 1.82) is 0 Å². The van der Waals surface area contributed by atoms with Crippen molar-refractivity contribution in [3.05, 3.63) is 35.9 Å². The van der Waals surface area contributed by atoms with Gasteiger partial charge >= 0.3 is 0 Å². The van der Waals surface area contributed by atoms with Crippen LogP contribution >= 0.6 is 0 Å². The minimum Gasteiger partial charge on any atom is -0.396 e. The first-order valence-electron chi connectivity index (χ1n) is 8.53. The lowest BCUT2D eigenvalue weighted by Gasteiger charge is -2.34. The lowest BCUT2D eigenvalue weighted by molar-refractivity contribution is -0.122. The molecule has 1 aliphatic rings.